The molecule has 0 fully saturated rings. The van der Waals surface area contributed by atoms with Gasteiger partial charge in [-0.2, -0.15) is 0 Å². The second-order valence-electron chi connectivity index (χ2n) is 3.43. The van der Waals surface area contributed by atoms with Crippen LogP contribution in [0.4, 0.5) is 0 Å². The highest BCUT2D eigenvalue weighted by atomic mass is 16.3. The number of rotatable bonds is 5. The molecule has 0 amide bonds. The molecule has 1 atom stereocenters. The van der Waals surface area contributed by atoms with Crippen LogP contribution in [0.3, 0.4) is 0 Å². The molecule has 0 radical (unpaired) electrons. The normalized spacial score (nSPS) is 14.6. The smallest absolute Gasteiger partial charge is 0.0545 e. The van der Waals surface area contributed by atoms with E-state index in [0.29, 0.717) is 5.92 Å². The molecule has 0 bridgehead atoms. The molecule has 0 aliphatic heterocycles. The molecule has 0 saturated heterocycles. The number of aliphatic hydroxyl groups excluding tert-OH is 1. The van der Waals surface area contributed by atoms with Gasteiger partial charge in [0.15, 0.2) is 0 Å². The first-order valence-corrected chi connectivity index (χ1v) is 4.46. The lowest BCUT2D eigenvalue weighted by molar-refractivity contribution is 0.140. The fourth-order valence-electron chi connectivity index (χ4n) is 1.12. The van der Waals surface area contributed by atoms with Crippen molar-refractivity contribution in [2.24, 2.45) is 5.92 Å². The minimum atomic E-state index is -0.105. The number of hydrogen-bond donors (Lipinski definition) is 1. The summed E-state index contributed by atoms with van der Waals surface area (Å²) in [5, 5.41) is 9.41. The lowest BCUT2D eigenvalue weighted by Crippen LogP contribution is -2.09. The van der Waals surface area contributed by atoms with Crippen LogP contribution in [0.1, 0.15) is 40.0 Å². The molecule has 66 valence electrons. The maximum absolute atomic E-state index is 9.41. The van der Waals surface area contributed by atoms with Crippen LogP contribution in [0.25, 0.3) is 0 Å². The molecule has 0 saturated carbocycles. The monoisotopic (exact) mass is 156 g/mol. The molecule has 11 heavy (non-hydrogen) atoms. The number of allylic oxidation sites excluding steroid dienone is 2. The molecule has 0 aliphatic carbocycles. The van der Waals surface area contributed by atoms with Gasteiger partial charge in [-0.1, -0.05) is 26.0 Å². The molecule has 0 aromatic carbocycles. The van der Waals surface area contributed by atoms with Gasteiger partial charge in [-0.05, 0) is 32.1 Å². The summed E-state index contributed by atoms with van der Waals surface area (Å²) in [4.78, 5) is 0. The number of aliphatic hydroxyl groups is 1. The topological polar surface area (TPSA) is 20.2 Å². The van der Waals surface area contributed by atoms with Crippen molar-refractivity contribution in [2.45, 2.75) is 46.1 Å². The lowest BCUT2D eigenvalue weighted by atomic mass is 10.0. The van der Waals surface area contributed by atoms with Crippen LogP contribution in [0, 0.1) is 5.92 Å². The van der Waals surface area contributed by atoms with Crippen LogP contribution in [0.5, 0.6) is 0 Å². The van der Waals surface area contributed by atoms with Gasteiger partial charge in [0.1, 0.15) is 0 Å². The predicted octanol–water partition coefficient (Wildman–Crippen LogP) is 2.75. The van der Waals surface area contributed by atoms with Crippen LogP contribution in [0.15, 0.2) is 12.2 Å². The Morgan fingerprint density at radius 1 is 1.36 bits per heavy atom. The van der Waals surface area contributed by atoms with Crippen molar-refractivity contribution < 1.29 is 5.11 Å². The Morgan fingerprint density at radius 3 is 2.45 bits per heavy atom. The predicted molar refractivity (Wildman–Crippen MR) is 49.5 cm³/mol. The SMILES string of the molecule is C/C=C/CC[C@H](O)CC(C)C. The maximum atomic E-state index is 9.41. The summed E-state index contributed by atoms with van der Waals surface area (Å²) in [5.41, 5.74) is 0. The summed E-state index contributed by atoms with van der Waals surface area (Å²) in [5.74, 6) is 0.607. The highest BCUT2D eigenvalue weighted by molar-refractivity contribution is 4.77. The van der Waals surface area contributed by atoms with Crippen molar-refractivity contribution in [1.29, 1.82) is 0 Å². The van der Waals surface area contributed by atoms with E-state index in [9.17, 15) is 5.11 Å². The van der Waals surface area contributed by atoms with E-state index in [1.165, 1.54) is 0 Å². The number of hydrogen-bond acceptors (Lipinski definition) is 1. The molecular weight excluding hydrogens is 136 g/mol. The van der Waals surface area contributed by atoms with E-state index in [-0.39, 0.29) is 6.10 Å². The summed E-state index contributed by atoms with van der Waals surface area (Å²) in [7, 11) is 0. The molecule has 1 N–H and O–H groups in total. The average Bonchev–Trinajstić information content (AvgIpc) is 1.86. The molecule has 0 rings (SSSR count). The zero-order valence-electron chi connectivity index (χ0n) is 7.88. The first-order valence-electron chi connectivity index (χ1n) is 4.46. The van der Waals surface area contributed by atoms with Crippen molar-refractivity contribution >= 4 is 0 Å². The van der Waals surface area contributed by atoms with Crippen LogP contribution >= 0.6 is 0 Å². The highest BCUT2D eigenvalue weighted by Crippen LogP contribution is 2.09. The molecular formula is C10H20O. The molecule has 0 aliphatic rings. The third-order valence-corrected chi connectivity index (χ3v) is 1.65. The molecule has 1 heteroatoms. The minimum Gasteiger partial charge on any atom is -0.393 e. The quantitative estimate of drug-likeness (QED) is 0.607. The van der Waals surface area contributed by atoms with Crippen molar-refractivity contribution in [2.75, 3.05) is 0 Å². The van der Waals surface area contributed by atoms with Gasteiger partial charge in [-0.15, -0.1) is 0 Å². The van der Waals surface area contributed by atoms with E-state index in [1.807, 2.05) is 13.0 Å². The van der Waals surface area contributed by atoms with Gasteiger partial charge in [-0.25, -0.2) is 0 Å². The fourth-order valence-corrected chi connectivity index (χ4v) is 1.12. The second-order valence-corrected chi connectivity index (χ2v) is 3.43. The minimum absolute atomic E-state index is 0.105. The Labute approximate surface area is 70.1 Å². The Kier molecular flexibility index (Phi) is 6.24. The molecule has 0 heterocycles. The fraction of sp³-hybridized carbons (Fsp3) is 0.800. The van der Waals surface area contributed by atoms with E-state index in [0.717, 1.165) is 19.3 Å². The Hall–Kier alpha value is -0.300. The molecule has 0 spiro atoms. The molecule has 0 aromatic heterocycles. The van der Waals surface area contributed by atoms with E-state index in [4.69, 9.17) is 0 Å². The third-order valence-electron chi connectivity index (χ3n) is 1.65. The summed E-state index contributed by atoms with van der Waals surface area (Å²) in [6, 6.07) is 0. The van der Waals surface area contributed by atoms with E-state index < -0.39 is 0 Å². The van der Waals surface area contributed by atoms with Crippen molar-refractivity contribution in [3.63, 3.8) is 0 Å². The Balaban J connectivity index is 3.29. The summed E-state index contributed by atoms with van der Waals surface area (Å²) >= 11 is 0. The van der Waals surface area contributed by atoms with Gasteiger partial charge in [0.05, 0.1) is 6.10 Å². The average molecular weight is 156 g/mol. The molecule has 0 unspecified atom stereocenters. The van der Waals surface area contributed by atoms with Crippen molar-refractivity contribution in [3.8, 4) is 0 Å². The van der Waals surface area contributed by atoms with E-state index >= 15 is 0 Å². The summed E-state index contributed by atoms with van der Waals surface area (Å²) in [6.07, 6.45) is 6.86. The Bertz CT molecular complexity index is 105. The van der Waals surface area contributed by atoms with Crippen molar-refractivity contribution in [1.82, 2.24) is 0 Å². The van der Waals surface area contributed by atoms with Gasteiger partial charge in [0.2, 0.25) is 0 Å². The zero-order chi connectivity index (χ0) is 8.69. The molecule has 0 aromatic rings. The standard InChI is InChI=1S/C10H20O/c1-4-5-6-7-10(11)8-9(2)3/h4-5,9-11H,6-8H2,1-3H3/b5-4+/t10-/m0/s1. The summed E-state index contributed by atoms with van der Waals surface area (Å²) < 4.78 is 0. The van der Waals surface area contributed by atoms with E-state index in [1.54, 1.807) is 0 Å². The zero-order valence-corrected chi connectivity index (χ0v) is 7.88. The van der Waals surface area contributed by atoms with Gasteiger partial charge in [0, 0.05) is 0 Å². The maximum Gasteiger partial charge on any atom is 0.0545 e. The third kappa shape index (κ3) is 7.60. The van der Waals surface area contributed by atoms with Gasteiger partial charge >= 0.3 is 0 Å². The van der Waals surface area contributed by atoms with Gasteiger partial charge < -0.3 is 5.11 Å². The van der Waals surface area contributed by atoms with E-state index in [2.05, 4.69) is 19.9 Å². The lowest BCUT2D eigenvalue weighted by Gasteiger charge is -2.10. The van der Waals surface area contributed by atoms with Crippen LogP contribution in [0.2, 0.25) is 0 Å². The van der Waals surface area contributed by atoms with Gasteiger partial charge in [0.25, 0.3) is 0 Å². The first-order chi connectivity index (χ1) is 5.16. The van der Waals surface area contributed by atoms with Crippen LogP contribution in [-0.2, 0) is 0 Å². The highest BCUT2D eigenvalue weighted by Gasteiger charge is 2.04. The largest absolute Gasteiger partial charge is 0.393 e. The van der Waals surface area contributed by atoms with Crippen LogP contribution in [-0.4, -0.2) is 11.2 Å². The first kappa shape index (κ1) is 10.7. The second kappa shape index (κ2) is 6.41. The van der Waals surface area contributed by atoms with Crippen molar-refractivity contribution in [3.05, 3.63) is 12.2 Å². The summed E-state index contributed by atoms with van der Waals surface area (Å²) in [6.45, 7) is 6.28. The molecule has 1 nitrogen and oxygen atoms in total. The van der Waals surface area contributed by atoms with Crippen LogP contribution < -0.4 is 0 Å². The van der Waals surface area contributed by atoms with Gasteiger partial charge in [-0.3, -0.25) is 0 Å². The Morgan fingerprint density at radius 2 is 2.00 bits per heavy atom.